The maximum absolute atomic E-state index is 12.4. The number of carbonyl (C=O) groups is 2. The third kappa shape index (κ3) is 2.78. The summed E-state index contributed by atoms with van der Waals surface area (Å²) in [5.74, 6) is -0.465. The summed E-state index contributed by atoms with van der Waals surface area (Å²) >= 11 is 1.68. The number of thioether (sulfide) groups is 1. The molecule has 0 saturated heterocycles. The largest absolute Gasteiger partial charge is 0.478 e. The number of carbonyl (C=O) groups excluding carboxylic acids is 1. The van der Waals surface area contributed by atoms with Crippen molar-refractivity contribution < 1.29 is 14.7 Å². The van der Waals surface area contributed by atoms with Crippen LogP contribution in [0.15, 0.2) is 53.4 Å². The van der Waals surface area contributed by atoms with Crippen molar-refractivity contribution in [2.75, 3.05) is 11.1 Å². The highest BCUT2D eigenvalue weighted by Gasteiger charge is 2.28. The summed E-state index contributed by atoms with van der Waals surface area (Å²) in [5.41, 5.74) is 1.87. The van der Waals surface area contributed by atoms with Crippen LogP contribution in [-0.2, 0) is 4.79 Å². The second kappa shape index (κ2) is 5.61. The van der Waals surface area contributed by atoms with Gasteiger partial charge in [0.25, 0.3) is 0 Å². The van der Waals surface area contributed by atoms with Crippen molar-refractivity contribution in [3.05, 3.63) is 59.7 Å². The third-order valence-corrected chi connectivity index (χ3v) is 4.60. The molecule has 1 aliphatic rings. The van der Waals surface area contributed by atoms with Gasteiger partial charge in [-0.05, 0) is 35.9 Å². The molecule has 1 unspecified atom stereocenters. The Balaban J connectivity index is 1.74. The average molecular weight is 299 g/mol. The van der Waals surface area contributed by atoms with Gasteiger partial charge in [-0.1, -0.05) is 18.2 Å². The molecule has 1 aliphatic heterocycles. The molecule has 0 aromatic heterocycles. The molecule has 3 rings (SSSR count). The van der Waals surface area contributed by atoms with E-state index >= 15 is 0 Å². The van der Waals surface area contributed by atoms with Gasteiger partial charge in [0.1, 0.15) is 0 Å². The molecule has 1 heterocycles. The molecule has 0 aliphatic carbocycles. The molecule has 1 atom stereocenters. The van der Waals surface area contributed by atoms with Crippen molar-refractivity contribution in [1.82, 2.24) is 0 Å². The average Bonchev–Trinajstić information content (AvgIpc) is 2.92. The fourth-order valence-corrected chi connectivity index (χ4v) is 3.53. The molecule has 5 heteroatoms. The second-order valence-electron chi connectivity index (χ2n) is 4.77. The minimum Gasteiger partial charge on any atom is -0.478 e. The van der Waals surface area contributed by atoms with Crippen LogP contribution in [0.25, 0.3) is 0 Å². The van der Waals surface area contributed by atoms with Crippen LogP contribution >= 0.6 is 11.8 Å². The summed E-state index contributed by atoms with van der Waals surface area (Å²) in [6.07, 6.45) is 0. The molecule has 2 N–H and O–H groups in total. The maximum Gasteiger partial charge on any atom is 0.335 e. The van der Waals surface area contributed by atoms with Gasteiger partial charge in [-0.2, -0.15) is 0 Å². The normalized spacial score (nSPS) is 16.3. The van der Waals surface area contributed by atoms with Crippen molar-refractivity contribution in [2.24, 2.45) is 0 Å². The summed E-state index contributed by atoms with van der Waals surface area (Å²) in [7, 11) is 0. The standard InChI is InChI=1S/C16H13NO3S/c18-15(13-9-21-14-4-2-1-3-12(13)14)17-11-7-5-10(6-8-11)16(19)20/h1-8,13H,9H2,(H,17,18)(H,19,20). The van der Waals surface area contributed by atoms with Crippen molar-refractivity contribution >= 4 is 29.3 Å². The maximum atomic E-state index is 12.4. The summed E-state index contributed by atoms with van der Waals surface area (Å²) in [4.78, 5) is 24.3. The first-order valence-corrected chi connectivity index (χ1v) is 7.49. The van der Waals surface area contributed by atoms with Crippen molar-refractivity contribution in [3.8, 4) is 0 Å². The van der Waals surface area contributed by atoms with E-state index in [2.05, 4.69) is 5.32 Å². The number of rotatable bonds is 3. The van der Waals surface area contributed by atoms with Crippen LogP contribution in [0.3, 0.4) is 0 Å². The lowest BCUT2D eigenvalue weighted by Crippen LogP contribution is -2.21. The zero-order valence-electron chi connectivity index (χ0n) is 11.1. The Morgan fingerprint density at radius 2 is 1.81 bits per heavy atom. The number of hydrogen-bond donors (Lipinski definition) is 2. The SMILES string of the molecule is O=C(O)c1ccc(NC(=O)C2CSc3ccccc32)cc1. The first kappa shape index (κ1) is 13.7. The van der Waals surface area contributed by atoms with E-state index in [0.29, 0.717) is 5.69 Å². The molecule has 4 nitrogen and oxygen atoms in total. The van der Waals surface area contributed by atoms with Crippen LogP contribution in [0, 0.1) is 0 Å². The zero-order chi connectivity index (χ0) is 14.8. The van der Waals surface area contributed by atoms with Gasteiger partial charge in [0.15, 0.2) is 0 Å². The Morgan fingerprint density at radius 3 is 2.52 bits per heavy atom. The van der Waals surface area contributed by atoms with Crippen molar-refractivity contribution in [3.63, 3.8) is 0 Å². The molecule has 2 aromatic carbocycles. The van der Waals surface area contributed by atoms with E-state index in [9.17, 15) is 9.59 Å². The Bertz CT molecular complexity index is 697. The summed E-state index contributed by atoms with van der Waals surface area (Å²) in [6, 6.07) is 14.1. The Hall–Kier alpha value is -2.27. The van der Waals surface area contributed by atoms with Gasteiger partial charge >= 0.3 is 5.97 Å². The summed E-state index contributed by atoms with van der Waals surface area (Å²) < 4.78 is 0. The van der Waals surface area contributed by atoms with E-state index in [1.165, 1.54) is 12.1 Å². The van der Waals surface area contributed by atoms with Crippen molar-refractivity contribution in [2.45, 2.75) is 10.8 Å². The number of carboxylic acid groups (broad SMARTS) is 1. The second-order valence-corrected chi connectivity index (χ2v) is 5.84. The minimum absolute atomic E-state index is 0.0597. The number of aromatic carboxylic acids is 1. The zero-order valence-corrected chi connectivity index (χ0v) is 11.9. The van der Waals surface area contributed by atoms with Crippen LogP contribution < -0.4 is 5.32 Å². The number of hydrogen-bond acceptors (Lipinski definition) is 3. The highest BCUT2D eigenvalue weighted by Crippen LogP contribution is 2.39. The first-order chi connectivity index (χ1) is 10.1. The Labute approximate surface area is 126 Å². The first-order valence-electron chi connectivity index (χ1n) is 6.51. The van der Waals surface area contributed by atoms with Gasteiger partial charge in [0.05, 0.1) is 11.5 Å². The predicted molar refractivity (Wildman–Crippen MR) is 81.9 cm³/mol. The number of benzene rings is 2. The van der Waals surface area contributed by atoms with Gasteiger partial charge in [-0.3, -0.25) is 4.79 Å². The molecule has 1 amide bonds. The van der Waals surface area contributed by atoms with Crippen LogP contribution in [0.2, 0.25) is 0 Å². The monoisotopic (exact) mass is 299 g/mol. The molecule has 0 radical (unpaired) electrons. The molecule has 0 spiro atoms. The smallest absolute Gasteiger partial charge is 0.335 e. The lowest BCUT2D eigenvalue weighted by Gasteiger charge is -2.11. The summed E-state index contributed by atoms with van der Waals surface area (Å²) in [5, 5.41) is 11.7. The fraction of sp³-hybridized carbons (Fsp3) is 0.125. The van der Waals surface area contributed by atoms with Gasteiger partial charge in [-0.15, -0.1) is 11.8 Å². The molecular weight excluding hydrogens is 286 g/mol. The van der Waals surface area contributed by atoms with E-state index in [4.69, 9.17) is 5.11 Å². The third-order valence-electron chi connectivity index (χ3n) is 3.42. The van der Waals surface area contributed by atoms with E-state index < -0.39 is 5.97 Å². The van der Waals surface area contributed by atoms with E-state index in [1.54, 1.807) is 23.9 Å². The van der Waals surface area contributed by atoms with Gasteiger partial charge < -0.3 is 10.4 Å². The molecule has 0 fully saturated rings. The summed E-state index contributed by atoms with van der Waals surface area (Å²) in [6.45, 7) is 0. The highest BCUT2D eigenvalue weighted by atomic mass is 32.2. The Kier molecular flexibility index (Phi) is 3.66. The van der Waals surface area contributed by atoms with Gasteiger partial charge in [-0.25, -0.2) is 4.79 Å². The van der Waals surface area contributed by atoms with Crippen LogP contribution in [0.5, 0.6) is 0 Å². The van der Waals surface area contributed by atoms with E-state index in [-0.39, 0.29) is 17.4 Å². The van der Waals surface area contributed by atoms with Crippen LogP contribution in [0.1, 0.15) is 21.8 Å². The number of anilines is 1. The Morgan fingerprint density at radius 1 is 1.10 bits per heavy atom. The molecule has 2 aromatic rings. The molecule has 21 heavy (non-hydrogen) atoms. The molecular formula is C16H13NO3S. The predicted octanol–water partition coefficient (Wildman–Crippen LogP) is 3.21. The number of amides is 1. The quantitative estimate of drug-likeness (QED) is 0.913. The van der Waals surface area contributed by atoms with E-state index in [0.717, 1.165) is 16.2 Å². The molecule has 106 valence electrons. The van der Waals surface area contributed by atoms with Crippen LogP contribution in [0.4, 0.5) is 5.69 Å². The van der Waals surface area contributed by atoms with Gasteiger partial charge in [0, 0.05) is 16.3 Å². The molecule has 0 saturated carbocycles. The molecule has 0 bridgehead atoms. The highest BCUT2D eigenvalue weighted by molar-refractivity contribution is 7.99. The number of fused-ring (bicyclic) bond motifs is 1. The number of nitrogens with one attached hydrogen (secondary N) is 1. The van der Waals surface area contributed by atoms with E-state index in [1.807, 2.05) is 24.3 Å². The lowest BCUT2D eigenvalue weighted by atomic mass is 10.0. The van der Waals surface area contributed by atoms with Crippen LogP contribution in [-0.4, -0.2) is 22.7 Å². The fourth-order valence-electron chi connectivity index (χ4n) is 2.31. The minimum atomic E-state index is -0.978. The van der Waals surface area contributed by atoms with Gasteiger partial charge in [0.2, 0.25) is 5.91 Å². The lowest BCUT2D eigenvalue weighted by molar-refractivity contribution is -0.117. The van der Waals surface area contributed by atoms with Crippen molar-refractivity contribution in [1.29, 1.82) is 0 Å². The topological polar surface area (TPSA) is 66.4 Å². The number of carboxylic acids is 1.